The van der Waals surface area contributed by atoms with Gasteiger partial charge in [-0.1, -0.05) is 42.0 Å². The molecular formula is C17H15NOS. The molecule has 100 valence electrons. The first-order valence-electron chi connectivity index (χ1n) is 6.44. The summed E-state index contributed by atoms with van der Waals surface area (Å²) in [6.45, 7) is 2.09. The Morgan fingerprint density at radius 2 is 1.75 bits per heavy atom. The van der Waals surface area contributed by atoms with Gasteiger partial charge >= 0.3 is 0 Å². The minimum Gasteiger partial charge on any atom is -0.496 e. The van der Waals surface area contributed by atoms with E-state index in [0.29, 0.717) is 0 Å². The summed E-state index contributed by atoms with van der Waals surface area (Å²) in [6.07, 6.45) is 0. The van der Waals surface area contributed by atoms with Crippen molar-refractivity contribution in [3.05, 3.63) is 59.5 Å². The number of benzene rings is 2. The Balaban J connectivity index is 2.00. The van der Waals surface area contributed by atoms with Crippen molar-refractivity contribution in [2.45, 2.75) is 6.92 Å². The van der Waals surface area contributed by atoms with E-state index >= 15 is 0 Å². The van der Waals surface area contributed by atoms with Crippen LogP contribution in [-0.2, 0) is 0 Å². The van der Waals surface area contributed by atoms with Crippen LogP contribution in [0.5, 0.6) is 5.75 Å². The highest BCUT2D eigenvalue weighted by atomic mass is 32.1. The number of para-hydroxylation sites is 1. The fourth-order valence-electron chi connectivity index (χ4n) is 2.08. The van der Waals surface area contributed by atoms with E-state index in [-0.39, 0.29) is 0 Å². The molecule has 0 unspecified atom stereocenters. The van der Waals surface area contributed by atoms with Gasteiger partial charge in [0, 0.05) is 10.9 Å². The number of methoxy groups -OCH3 is 1. The number of ether oxygens (including phenoxy) is 1. The molecule has 0 aliphatic rings. The average molecular weight is 281 g/mol. The normalized spacial score (nSPS) is 10.5. The number of thiazole rings is 1. The number of aryl methyl sites for hydroxylation is 1. The lowest BCUT2D eigenvalue weighted by atomic mass is 10.1. The van der Waals surface area contributed by atoms with E-state index in [4.69, 9.17) is 9.72 Å². The lowest BCUT2D eigenvalue weighted by Crippen LogP contribution is -1.87. The van der Waals surface area contributed by atoms with Gasteiger partial charge in [-0.3, -0.25) is 0 Å². The van der Waals surface area contributed by atoms with Crippen LogP contribution in [-0.4, -0.2) is 12.1 Å². The van der Waals surface area contributed by atoms with Crippen LogP contribution in [0.4, 0.5) is 0 Å². The molecule has 20 heavy (non-hydrogen) atoms. The van der Waals surface area contributed by atoms with Gasteiger partial charge in [-0.25, -0.2) is 4.98 Å². The molecule has 0 bridgehead atoms. The molecule has 0 N–H and O–H groups in total. The highest BCUT2D eigenvalue weighted by Crippen LogP contribution is 2.34. The molecule has 0 saturated heterocycles. The molecule has 3 aromatic rings. The van der Waals surface area contributed by atoms with Crippen molar-refractivity contribution in [1.29, 1.82) is 0 Å². The van der Waals surface area contributed by atoms with Crippen LogP contribution >= 0.6 is 11.3 Å². The summed E-state index contributed by atoms with van der Waals surface area (Å²) in [5.74, 6) is 0.859. The predicted octanol–water partition coefficient (Wildman–Crippen LogP) is 4.79. The van der Waals surface area contributed by atoms with Crippen LogP contribution in [0.2, 0.25) is 0 Å². The monoisotopic (exact) mass is 281 g/mol. The van der Waals surface area contributed by atoms with E-state index in [1.54, 1.807) is 18.4 Å². The zero-order valence-corrected chi connectivity index (χ0v) is 12.3. The van der Waals surface area contributed by atoms with Crippen molar-refractivity contribution in [3.63, 3.8) is 0 Å². The molecule has 0 atom stereocenters. The molecule has 0 amide bonds. The Kier molecular flexibility index (Phi) is 3.52. The fourth-order valence-corrected chi connectivity index (χ4v) is 2.93. The highest BCUT2D eigenvalue weighted by Gasteiger charge is 2.10. The topological polar surface area (TPSA) is 22.1 Å². The second-order valence-corrected chi connectivity index (χ2v) is 5.46. The Bertz CT molecular complexity index is 716. The van der Waals surface area contributed by atoms with Gasteiger partial charge in [0.2, 0.25) is 0 Å². The van der Waals surface area contributed by atoms with Gasteiger partial charge in [-0.05, 0) is 19.1 Å². The standard InChI is InChI=1S/C17H15NOS/c1-12-7-9-13(10-8-12)15-11-20-17(18-15)14-5-3-4-6-16(14)19-2/h3-11H,1-2H3. The minimum atomic E-state index is 0.859. The first-order chi connectivity index (χ1) is 9.78. The van der Waals surface area contributed by atoms with Gasteiger partial charge in [0.15, 0.2) is 0 Å². The van der Waals surface area contributed by atoms with Gasteiger partial charge in [-0.2, -0.15) is 0 Å². The first-order valence-corrected chi connectivity index (χ1v) is 7.32. The third-order valence-corrected chi connectivity index (χ3v) is 4.06. The van der Waals surface area contributed by atoms with Gasteiger partial charge < -0.3 is 4.74 Å². The summed E-state index contributed by atoms with van der Waals surface area (Å²) >= 11 is 1.64. The van der Waals surface area contributed by atoms with E-state index < -0.39 is 0 Å². The van der Waals surface area contributed by atoms with Gasteiger partial charge in [0.05, 0.1) is 18.4 Å². The van der Waals surface area contributed by atoms with Gasteiger partial charge in [-0.15, -0.1) is 11.3 Å². The zero-order chi connectivity index (χ0) is 13.9. The van der Waals surface area contributed by atoms with Crippen LogP contribution < -0.4 is 4.74 Å². The lowest BCUT2D eigenvalue weighted by Gasteiger charge is -2.04. The fraction of sp³-hybridized carbons (Fsp3) is 0.118. The molecule has 0 aliphatic heterocycles. The Labute approximate surface area is 122 Å². The van der Waals surface area contributed by atoms with Crippen molar-refractivity contribution < 1.29 is 4.74 Å². The van der Waals surface area contributed by atoms with E-state index in [1.165, 1.54) is 5.56 Å². The predicted molar refractivity (Wildman–Crippen MR) is 84.3 cm³/mol. The number of aromatic nitrogens is 1. The number of nitrogens with zero attached hydrogens (tertiary/aromatic N) is 1. The summed E-state index contributed by atoms with van der Waals surface area (Å²) in [5, 5.41) is 3.07. The molecule has 0 saturated carbocycles. The van der Waals surface area contributed by atoms with Crippen molar-refractivity contribution >= 4 is 11.3 Å². The zero-order valence-electron chi connectivity index (χ0n) is 11.5. The second-order valence-electron chi connectivity index (χ2n) is 4.60. The van der Waals surface area contributed by atoms with Gasteiger partial charge in [0.25, 0.3) is 0 Å². The largest absolute Gasteiger partial charge is 0.496 e. The summed E-state index contributed by atoms with van der Waals surface area (Å²) < 4.78 is 5.40. The van der Waals surface area contributed by atoms with Crippen LogP contribution in [0, 0.1) is 6.92 Å². The van der Waals surface area contributed by atoms with Gasteiger partial charge in [0.1, 0.15) is 10.8 Å². The first kappa shape index (κ1) is 12.9. The lowest BCUT2D eigenvalue weighted by molar-refractivity contribution is 0.416. The average Bonchev–Trinajstić information content (AvgIpc) is 2.97. The van der Waals surface area contributed by atoms with E-state index in [1.807, 2.05) is 24.3 Å². The van der Waals surface area contributed by atoms with E-state index in [0.717, 1.165) is 27.6 Å². The SMILES string of the molecule is COc1ccccc1-c1nc(-c2ccc(C)cc2)cs1. The maximum Gasteiger partial charge on any atom is 0.129 e. The Morgan fingerprint density at radius 3 is 2.50 bits per heavy atom. The van der Waals surface area contributed by atoms with E-state index in [9.17, 15) is 0 Å². The van der Waals surface area contributed by atoms with Crippen LogP contribution in [0.15, 0.2) is 53.9 Å². The molecule has 1 heterocycles. The third-order valence-electron chi connectivity index (χ3n) is 3.19. The quantitative estimate of drug-likeness (QED) is 0.688. The highest BCUT2D eigenvalue weighted by molar-refractivity contribution is 7.13. The molecule has 2 nitrogen and oxygen atoms in total. The van der Waals surface area contributed by atoms with Crippen molar-refractivity contribution in [2.24, 2.45) is 0 Å². The molecule has 0 fully saturated rings. The minimum absolute atomic E-state index is 0.859. The van der Waals surface area contributed by atoms with Crippen molar-refractivity contribution in [3.8, 4) is 27.6 Å². The summed E-state index contributed by atoms with van der Waals surface area (Å²) in [4.78, 5) is 4.73. The second kappa shape index (κ2) is 5.47. The maximum atomic E-state index is 5.40. The Morgan fingerprint density at radius 1 is 1.00 bits per heavy atom. The van der Waals surface area contributed by atoms with Crippen molar-refractivity contribution in [1.82, 2.24) is 4.98 Å². The molecule has 0 radical (unpaired) electrons. The summed E-state index contributed by atoms with van der Waals surface area (Å²) in [6, 6.07) is 16.4. The summed E-state index contributed by atoms with van der Waals surface area (Å²) in [5.41, 5.74) is 4.45. The number of rotatable bonds is 3. The molecule has 0 spiro atoms. The van der Waals surface area contributed by atoms with Crippen LogP contribution in [0.1, 0.15) is 5.56 Å². The van der Waals surface area contributed by atoms with Crippen molar-refractivity contribution in [2.75, 3.05) is 7.11 Å². The van der Waals surface area contributed by atoms with E-state index in [2.05, 4.69) is 36.6 Å². The number of hydrogen-bond acceptors (Lipinski definition) is 3. The smallest absolute Gasteiger partial charge is 0.129 e. The molecule has 2 aromatic carbocycles. The van der Waals surface area contributed by atoms with Crippen LogP contribution in [0.25, 0.3) is 21.8 Å². The molecule has 3 rings (SSSR count). The summed E-state index contributed by atoms with van der Waals surface area (Å²) in [7, 11) is 1.69. The molecule has 0 aliphatic carbocycles. The number of hydrogen-bond donors (Lipinski definition) is 0. The molecular weight excluding hydrogens is 266 g/mol. The van der Waals surface area contributed by atoms with Crippen LogP contribution in [0.3, 0.4) is 0 Å². The Hall–Kier alpha value is -2.13. The maximum absolute atomic E-state index is 5.40. The molecule has 3 heteroatoms. The molecule has 1 aromatic heterocycles. The third kappa shape index (κ3) is 2.45.